The minimum atomic E-state index is -1.13. The summed E-state index contributed by atoms with van der Waals surface area (Å²) in [5, 5.41) is 10.3. The van der Waals surface area contributed by atoms with Crippen molar-refractivity contribution < 1.29 is 18.6 Å². The van der Waals surface area contributed by atoms with Crippen LogP contribution in [0.25, 0.3) is 0 Å². The number of aliphatic hydroxyl groups excluding tert-OH is 1. The molecule has 0 aromatic heterocycles. The average Bonchev–Trinajstić information content (AvgIpc) is 3.16. The third-order valence-corrected chi connectivity index (χ3v) is 4.32. The highest BCUT2D eigenvalue weighted by Crippen LogP contribution is 2.31. The standard InChI is InChI=1S/C16H21F2NO2/c17-13-2-1-3-14(18)16(13)15(20)9-19(12-4-5-12)8-11-6-7-21-10-11/h1-3,11-12,15,20H,4-10H2. The fraction of sp³-hybridized carbons (Fsp3) is 0.625. The van der Waals surface area contributed by atoms with Crippen LogP contribution in [0, 0.1) is 17.6 Å². The van der Waals surface area contributed by atoms with E-state index in [0.717, 1.165) is 39.0 Å². The first-order chi connectivity index (χ1) is 10.1. The molecule has 1 N–H and O–H groups in total. The van der Waals surface area contributed by atoms with E-state index in [-0.39, 0.29) is 12.1 Å². The molecule has 1 saturated carbocycles. The van der Waals surface area contributed by atoms with Crippen molar-refractivity contribution in [1.82, 2.24) is 4.90 Å². The highest BCUT2D eigenvalue weighted by molar-refractivity contribution is 5.22. The van der Waals surface area contributed by atoms with Gasteiger partial charge in [-0.1, -0.05) is 6.07 Å². The van der Waals surface area contributed by atoms with Gasteiger partial charge in [-0.25, -0.2) is 8.78 Å². The number of ether oxygens (including phenoxy) is 1. The van der Waals surface area contributed by atoms with Crippen molar-refractivity contribution in [2.75, 3.05) is 26.3 Å². The fourth-order valence-electron chi connectivity index (χ4n) is 3.01. The molecule has 5 heteroatoms. The van der Waals surface area contributed by atoms with E-state index in [1.807, 2.05) is 0 Å². The first-order valence-corrected chi connectivity index (χ1v) is 7.59. The summed E-state index contributed by atoms with van der Waals surface area (Å²) in [5.74, 6) is -0.895. The number of halogens is 2. The second-order valence-electron chi connectivity index (χ2n) is 6.07. The maximum absolute atomic E-state index is 13.7. The summed E-state index contributed by atoms with van der Waals surface area (Å²) in [4.78, 5) is 2.16. The summed E-state index contributed by atoms with van der Waals surface area (Å²) < 4.78 is 32.8. The fourth-order valence-corrected chi connectivity index (χ4v) is 3.01. The highest BCUT2D eigenvalue weighted by Gasteiger charge is 2.33. The maximum atomic E-state index is 13.7. The lowest BCUT2D eigenvalue weighted by molar-refractivity contribution is 0.0891. The molecular formula is C16H21F2NO2. The number of nitrogens with zero attached hydrogens (tertiary/aromatic N) is 1. The van der Waals surface area contributed by atoms with Crippen LogP contribution in [0.3, 0.4) is 0 Å². The summed E-state index contributed by atoms with van der Waals surface area (Å²) in [7, 11) is 0. The number of benzene rings is 1. The summed E-state index contributed by atoms with van der Waals surface area (Å²) in [6, 6.07) is 4.13. The molecule has 1 heterocycles. The first-order valence-electron chi connectivity index (χ1n) is 7.59. The van der Waals surface area contributed by atoms with Gasteiger partial charge in [0.15, 0.2) is 0 Å². The summed E-state index contributed by atoms with van der Waals surface area (Å²) in [6.07, 6.45) is 2.09. The van der Waals surface area contributed by atoms with Crippen molar-refractivity contribution in [3.63, 3.8) is 0 Å². The van der Waals surface area contributed by atoms with Crippen molar-refractivity contribution in [2.45, 2.75) is 31.4 Å². The molecule has 0 bridgehead atoms. The van der Waals surface area contributed by atoms with E-state index >= 15 is 0 Å². The number of hydrogen-bond acceptors (Lipinski definition) is 3. The van der Waals surface area contributed by atoms with Crippen LogP contribution in [0.4, 0.5) is 8.78 Å². The highest BCUT2D eigenvalue weighted by atomic mass is 19.1. The maximum Gasteiger partial charge on any atom is 0.131 e. The normalized spacial score (nSPS) is 23.7. The van der Waals surface area contributed by atoms with Crippen molar-refractivity contribution in [1.29, 1.82) is 0 Å². The Balaban J connectivity index is 1.67. The van der Waals surface area contributed by atoms with Gasteiger partial charge in [-0.05, 0) is 37.3 Å². The van der Waals surface area contributed by atoms with Crippen molar-refractivity contribution in [3.8, 4) is 0 Å². The molecule has 3 nitrogen and oxygen atoms in total. The molecule has 0 spiro atoms. The van der Waals surface area contributed by atoms with Gasteiger partial charge in [0.25, 0.3) is 0 Å². The predicted molar refractivity (Wildman–Crippen MR) is 74.8 cm³/mol. The van der Waals surface area contributed by atoms with Crippen molar-refractivity contribution in [2.24, 2.45) is 5.92 Å². The van der Waals surface area contributed by atoms with E-state index in [9.17, 15) is 13.9 Å². The molecule has 2 unspecified atom stereocenters. The lowest BCUT2D eigenvalue weighted by atomic mass is 10.1. The van der Waals surface area contributed by atoms with Gasteiger partial charge in [0.2, 0.25) is 0 Å². The van der Waals surface area contributed by atoms with Gasteiger partial charge in [-0.3, -0.25) is 4.90 Å². The van der Waals surface area contributed by atoms with E-state index < -0.39 is 17.7 Å². The van der Waals surface area contributed by atoms with Crippen LogP contribution in [0.1, 0.15) is 30.9 Å². The van der Waals surface area contributed by atoms with E-state index in [4.69, 9.17) is 4.74 Å². The number of aliphatic hydroxyl groups is 1. The van der Waals surface area contributed by atoms with Gasteiger partial charge < -0.3 is 9.84 Å². The summed E-state index contributed by atoms with van der Waals surface area (Å²) >= 11 is 0. The molecule has 2 atom stereocenters. The molecule has 1 saturated heterocycles. The topological polar surface area (TPSA) is 32.7 Å². The van der Waals surface area contributed by atoms with Crippen molar-refractivity contribution in [3.05, 3.63) is 35.4 Å². The smallest absolute Gasteiger partial charge is 0.131 e. The van der Waals surface area contributed by atoms with Gasteiger partial charge in [0.1, 0.15) is 11.6 Å². The Bertz CT molecular complexity index is 467. The van der Waals surface area contributed by atoms with Crippen LogP contribution in [-0.4, -0.2) is 42.4 Å². The van der Waals surface area contributed by atoms with Gasteiger partial charge in [0.05, 0.1) is 18.3 Å². The average molecular weight is 297 g/mol. The molecule has 1 aromatic carbocycles. The van der Waals surface area contributed by atoms with E-state index in [1.54, 1.807) is 0 Å². The Morgan fingerprint density at radius 1 is 1.24 bits per heavy atom. The molecule has 1 aliphatic carbocycles. The molecule has 3 rings (SSSR count). The molecule has 116 valence electrons. The molecular weight excluding hydrogens is 276 g/mol. The van der Waals surface area contributed by atoms with Gasteiger partial charge >= 0.3 is 0 Å². The largest absolute Gasteiger partial charge is 0.387 e. The third kappa shape index (κ3) is 3.59. The Labute approximate surface area is 123 Å². The SMILES string of the molecule is OC(CN(CC1CCOC1)C1CC1)c1c(F)cccc1F. The van der Waals surface area contributed by atoms with Crippen LogP contribution >= 0.6 is 0 Å². The molecule has 0 radical (unpaired) electrons. The zero-order chi connectivity index (χ0) is 14.8. The molecule has 1 aliphatic heterocycles. The second kappa shape index (κ2) is 6.38. The van der Waals surface area contributed by atoms with Crippen molar-refractivity contribution >= 4 is 0 Å². The lowest BCUT2D eigenvalue weighted by Gasteiger charge is -2.27. The molecule has 21 heavy (non-hydrogen) atoms. The summed E-state index contributed by atoms with van der Waals surface area (Å²) in [6.45, 7) is 2.64. The minimum absolute atomic E-state index is 0.217. The second-order valence-corrected chi connectivity index (χ2v) is 6.07. The quantitative estimate of drug-likeness (QED) is 0.875. The monoisotopic (exact) mass is 297 g/mol. The van der Waals surface area contributed by atoms with Crippen LogP contribution in [0.2, 0.25) is 0 Å². The molecule has 2 fully saturated rings. The Kier molecular flexibility index (Phi) is 4.52. The third-order valence-electron chi connectivity index (χ3n) is 4.32. The van der Waals surface area contributed by atoms with Crippen LogP contribution in [0.5, 0.6) is 0 Å². The lowest BCUT2D eigenvalue weighted by Crippen LogP contribution is -2.35. The zero-order valence-corrected chi connectivity index (χ0v) is 12.0. The number of hydrogen-bond donors (Lipinski definition) is 1. The van der Waals surface area contributed by atoms with Gasteiger partial charge in [0, 0.05) is 25.7 Å². The van der Waals surface area contributed by atoms with Crippen LogP contribution in [-0.2, 0) is 4.74 Å². The van der Waals surface area contributed by atoms with E-state index in [0.29, 0.717) is 12.0 Å². The molecule has 0 amide bonds. The predicted octanol–water partition coefficient (Wildman–Crippen LogP) is 2.50. The van der Waals surface area contributed by atoms with E-state index in [1.165, 1.54) is 18.2 Å². The summed E-state index contributed by atoms with van der Waals surface area (Å²) in [5.41, 5.74) is -0.217. The zero-order valence-electron chi connectivity index (χ0n) is 12.0. The Hall–Kier alpha value is -1.04. The Morgan fingerprint density at radius 2 is 1.95 bits per heavy atom. The van der Waals surface area contributed by atoms with Crippen LogP contribution in [0.15, 0.2) is 18.2 Å². The first kappa shape index (κ1) is 14.9. The van der Waals surface area contributed by atoms with Gasteiger partial charge in [-0.2, -0.15) is 0 Å². The van der Waals surface area contributed by atoms with Crippen LogP contribution < -0.4 is 0 Å². The van der Waals surface area contributed by atoms with Gasteiger partial charge in [-0.15, -0.1) is 0 Å². The Morgan fingerprint density at radius 3 is 2.52 bits per heavy atom. The minimum Gasteiger partial charge on any atom is -0.387 e. The van der Waals surface area contributed by atoms with E-state index in [2.05, 4.69) is 4.90 Å². The number of rotatable bonds is 6. The molecule has 2 aliphatic rings. The molecule has 1 aromatic rings.